The number of aryl methyl sites for hydroxylation is 2. The summed E-state index contributed by atoms with van der Waals surface area (Å²) in [6.07, 6.45) is 1.08. The van der Waals surface area contributed by atoms with Gasteiger partial charge >= 0.3 is 0 Å². The van der Waals surface area contributed by atoms with Crippen LogP contribution in [0.25, 0.3) is 11.0 Å². The van der Waals surface area contributed by atoms with Gasteiger partial charge in [0.1, 0.15) is 22.9 Å². The van der Waals surface area contributed by atoms with Crippen molar-refractivity contribution in [2.45, 2.75) is 33.2 Å². The predicted molar refractivity (Wildman–Crippen MR) is 84.5 cm³/mol. The maximum atomic E-state index is 6.04. The van der Waals surface area contributed by atoms with E-state index in [0.717, 1.165) is 46.8 Å². The van der Waals surface area contributed by atoms with E-state index in [2.05, 4.69) is 30.4 Å². The fraction of sp³-hybridized carbons (Fsp3) is 0.333. The first kappa shape index (κ1) is 14.0. The van der Waals surface area contributed by atoms with Crippen LogP contribution in [0.15, 0.2) is 45.2 Å². The van der Waals surface area contributed by atoms with Gasteiger partial charge in [0, 0.05) is 10.9 Å². The predicted octanol–water partition coefficient (Wildman–Crippen LogP) is 4.73. The van der Waals surface area contributed by atoms with Crippen LogP contribution in [0, 0.1) is 13.8 Å². The Bertz CT molecular complexity index is 706. The Morgan fingerprint density at radius 2 is 1.90 bits per heavy atom. The molecule has 21 heavy (non-hydrogen) atoms. The van der Waals surface area contributed by atoms with Crippen LogP contribution in [-0.4, -0.2) is 6.54 Å². The van der Waals surface area contributed by atoms with Gasteiger partial charge in [0.25, 0.3) is 0 Å². The van der Waals surface area contributed by atoms with Crippen molar-refractivity contribution < 1.29 is 8.83 Å². The second kappa shape index (κ2) is 5.78. The van der Waals surface area contributed by atoms with Crippen LogP contribution in [0.3, 0.4) is 0 Å². The normalized spacial score (nSPS) is 12.9. The van der Waals surface area contributed by atoms with Gasteiger partial charge in [-0.2, -0.15) is 0 Å². The lowest BCUT2D eigenvalue weighted by atomic mass is 10.0. The van der Waals surface area contributed by atoms with E-state index in [0.29, 0.717) is 0 Å². The first-order chi connectivity index (χ1) is 10.2. The van der Waals surface area contributed by atoms with Crippen LogP contribution in [0.1, 0.15) is 42.2 Å². The van der Waals surface area contributed by atoms with Gasteiger partial charge in [-0.3, -0.25) is 0 Å². The average molecular weight is 283 g/mol. The average Bonchev–Trinajstić information content (AvgIpc) is 3.03. The van der Waals surface area contributed by atoms with Gasteiger partial charge in [0.05, 0.1) is 6.04 Å². The minimum absolute atomic E-state index is 0.0369. The smallest absolute Gasteiger partial charge is 0.134 e. The van der Waals surface area contributed by atoms with E-state index in [1.807, 2.05) is 32.0 Å². The molecule has 0 bridgehead atoms. The van der Waals surface area contributed by atoms with Crippen LogP contribution >= 0.6 is 0 Å². The lowest BCUT2D eigenvalue weighted by Crippen LogP contribution is -2.22. The monoisotopic (exact) mass is 283 g/mol. The summed E-state index contributed by atoms with van der Waals surface area (Å²) >= 11 is 0. The number of rotatable bonds is 5. The molecular formula is C18H21NO2. The maximum Gasteiger partial charge on any atom is 0.134 e. The Hall–Kier alpha value is -2.00. The van der Waals surface area contributed by atoms with Crippen LogP contribution < -0.4 is 5.32 Å². The molecule has 0 aliphatic heterocycles. The molecule has 1 atom stereocenters. The molecule has 2 aromatic heterocycles. The molecule has 1 N–H and O–H groups in total. The Morgan fingerprint density at radius 1 is 1.10 bits per heavy atom. The number of furan rings is 2. The highest BCUT2D eigenvalue weighted by atomic mass is 16.3. The molecule has 0 aliphatic rings. The van der Waals surface area contributed by atoms with Gasteiger partial charge in [-0.1, -0.05) is 25.1 Å². The summed E-state index contributed by atoms with van der Waals surface area (Å²) in [5.74, 6) is 2.82. The van der Waals surface area contributed by atoms with Gasteiger partial charge in [-0.15, -0.1) is 0 Å². The van der Waals surface area contributed by atoms with E-state index >= 15 is 0 Å². The molecule has 110 valence electrons. The third-order valence-corrected chi connectivity index (χ3v) is 3.72. The van der Waals surface area contributed by atoms with Crippen LogP contribution in [0.2, 0.25) is 0 Å². The van der Waals surface area contributed by atoms with Gasteiger partial charge in [0.15, 0.2) is 0 Å². The molecule has 3 nitrogen and oxygen atoms in total. The fourth-order valence-electron chi connectivity index (χ4n) is 2.73. The van der Waals surface area contributed by atoms with E-state index < -0.39 is 0 Å². The summed E-state index contributed by atoms with van der Waals surface area (Å²) in [5.41, 5.74) is 2.08. The number of benzene rings is 1. The second-order valence-corrected chi connectivity index (χ2v) is 5.44. The van der Waals surface area contributed by atoms with Crippen molar-refractivity contribution in [2.75, 3.05) is 6.54 Å². The number of para-hydroxylation sites is 1. The molecule has 0 aliphatic carbocycles. The molecule has 1 aromatic carbocycles. The summed E-state index contributed by atoms with van der Waals surface area (Å²) in [6.45, 7) is 7.08. The number of fused-ring (bicyclic) bond motifs is 1. The summed E-state index contributed by atoms with van der Waals surface area (Å²) in [5, 5.41) is 4.70. The number of nitrogens with one attached hydrogen (secondary N) is 1. The van der Waals surface area contributed by atoms with Crippen molar-refractivity contribution in [2.24, 2.45) is 0 Å². The first-order valence-electron chi connectivity index (χ1n) is 7.48. The van der Waals surface area contributed by atoms with Gasteiger partial charge < -0.3 is 14.2 Å². The van der Waals surface area contributed by atoms with Gasteiger partial charge in [0.2, 0.25) is 0 Å². The quantitative estimate of drug-likeness (QED) is 0.735. The topological polar surface area (TPSA) is 38.3 Å². The molecule has 0 fully saturated rings. The van der Waals surface area contributed by atoms with E-state index in [4.69, 9.17) is 8.83 Å². The molecule has 0 radical (unpaired) electrons. The lowest BCUT2D eigenvalue weighted by molar-refractivity contribution is 0.455. The zero-order valence-electron chi connectivity index (χ0n) is 12.8. The summed E-state index contributed by atoms with van der Waals surface area (Å²) in [7, 11) is 0. The van der Waals surface area contributed by atoms with Crippen LogP contribution in [0.4, 0.5) is 0 Å². The maximum absolute atomic E-state index is 6.04. The molecule has 3 aromatic rings. The lowest BCUT2D eigenvalue weighted by Gasteiger charge is -2.15. The Kier molecular flexibility index (Phi) is 3.84. The van der Waals surface area contributed by atoms with Crippen molar-refractivity contribution in [1.82, 2.24) is 5.32 Å². The van der Waals surface area contributed by atoms with Crippen molar-refractivity contribution in [1.29, 1.82) is 0 Å². The van der Waals surface area contributed by atoms with Gasteiger partial charge in [-0.05, 0) is 45.0 Å². The largest absolute Gasteiger partial charge is 0.466 e. The molecule has 3 heteroatoms. The minimum Gasteiger partial charge on any atom is -0.466 e. The van der Waals surface area contributed by atoms with Crippen LogP contribution in [-0.2, 0) is 0 Å². The second-order valence-electron chi connectivity index (χ2n) is 5.44. The van der Waals surface area contributed by atoms with Gasteiger partial charge in [-0.25, -0.2) is 0 Å². The van der Waals surface area contributed by atoms with Crippen molar-refractivity contribution in [3.05, 3.63) is 59.2 Å². The van der Waals surface area contributed by atoms with E-state index in [1.54, 1.807) is 0 Å². The molecule has 3 rings (SSSR count). The summed E-state index contributed by atoms with van der Waals surface area (Å²) in [6, 6.07) is 12.4. The number of hydrogen-bond acceptors (Lipinski definition) is 3. The van der Waals surface area contributed by atoms with Crippen LogP contribution in [0.5, 0.6) is 0 Å². The molecule has 0 saturated heterocycles. The van der Waals surface area contributed by atoms with E-state index in [9.17, 15) is 0 Å². The fourth-order valence-corrected chi connectivity index (χ4v) is 2.73. The zero-order chi connectivity index (χ0) is 14.8. The summed E-state index contributed by atoms with van der Waals surface area (Å²) in [4.78, 5) is 0. The highest BCUT2D eigenvalue weighted by molar-refractivity contribution is 5.78. The highest BCUT2D eigenvalue weighted by Crippen LogP contribution is 2.31. The minimum atomic E-state index is 0.0369. The molecule has 0 saturated carbocycles. The SMILES string of the molecule is CCCNC(c1cc2ccccc2o1)c1cc(C)oc1C. The Balaban J connectivity index is 2.04. The first-order valence-corrected chi connectivity index (χ1v) is 7.48. The Morgan fingerprint density at radius 3 is 2.57 bits per heavy atom. The van der Waals surface area contributed by atoms with E-state index in [-0.39, 0.29) is 6.04 Å². The van der Waals surface area contributed by atoms with Crippen molar-refractivity contribution >= 4 is 11.0 Å². The van der Waals surface area contributed by atoms with Crippen molar-refractivity contribution in [3.63, 3.8) is 0 Å². The number of hydrogen-bond donors (Lipinski definition) is 1. The van der Waals surface area contributed by atoms with Crippen molar-refractivity contribution in [3.8, 4) is 0 Å². The zero-order valence-corrected chi connectivity index (χ0v) is 12.8. The van der Waals surface area contributed by atoms with E-state index in [1.165, 1.54) is 0 Å². The highest BCUT2D eigenvalue weighted by Gasteiger charge is 2.22. The standard InChI is InChI=1S/C18H21NO2/c1-4-9-19-18(15-10-12(2)20-13(15)3)17-11-14-7-5-6-8-16(14)21-17/h5-8,10-11,18-19H,4,9H2,1-3H3. The molecular weight excluding hydrogens is 262 g/mol. The third-order valence-electron chi connectivity index (χ3n) is 3.72. The molecule has 0 spiro atoms. The Labute approximate surface area is 124 Å². The third kappa shape index (κ3) is 2.74. The summed E-state index contributed by atoms with van der Waals surface area (Å²) < 4.78 is 11.7. The molecule has 0 amide bonds. The molecule has 1 unspecified atom stereocenters. The molecule has 2 heterocycles.